The SMILES string of the molecule is Cc1cc(Nc2cccc(C(=O)Nc3cc(Nc4ccncc4)ccn3)c2)c2ccccc2n1. The number of aromatic nitrogens is 3. The fraction of sp³-hybridized carbons (Fsp3) is 0.0370. The van der Waals surface area contributed by atoms with Gasteiger partial charge in [-0.3, -0.25) is 14.8 Å². The molecule has 0 saturated carbocycles. The molecule has 34 heavy (non-hydrogen) atoms. The Bertz CT molecular complexity index is 1470. The average Bonchev–Trinajstić information content (AvgIpc) is 2.85. The number of hydrogen-bond acceptors (Lipinski definition) is 6. The number of carbonyl (C=O) groups is 1. The Balaban J connectivity index is 1.33. The Morgan fingerprint density at radius 1 is 0.765 bits per heavy atom. The monoisotopic (exact) mass is 446 g/mol. The number of anilines is 5. The first-order valence-corrected chi connectivity index (χ1v) is 10.8. The van der Waals surface area contributed by atoms with Crippen molar-refractivity contribution in [2.45, 2.75) is 6.92 Å². The van der Waals surface area contributed by atoms with Gasteiger partial charge >= 0.3 is 0 Å². The molecule has 0 bridgehead atoms. The number of benzene rings is 2. The summed E-state index contributed by atoms with van der Waals surface area (Å²) in [5.74, 6) is 0.214. The van der Waals surface area contributed by atoms with Crippen LogP contribution in [0.2, 0.25) is 0 Å². The molecule has 2 aromatic carbocycles. The van der Waals surface area contributed by atoms with Crippen LogP contribution in [-0.4, -0.2) is 20.9 Å². The number of aryl methyl sites for hydroxylation is 1. The maximum atomic E-state index is 12.9. The molecule has 3 heterocycles. The highest BCUT2D eigenvalue weighted by Gasteiger charge is 2.10. The summed E-state index contributed by atoms with van der Waals surface area (Å²) in [7, 11) is 0. The van der Waals surface area contributed by atoms with E-state index in [-0.39, 0.29) is 5.91 Å². The van der Waals surface area contributed by atoms with Gasteiger partial charge in [0.05, 0.1) is 5.52 Å². The number of fused-ring (bicyclic) bond motifs is 1. The lowest BCUT2D eigenvalue weighted by molar-refractivity contribution is 0.102. The van der Waals surface area contributed by atoms with Crippen LogP contribution in [0.15, 0.2) is 97.5 Å². The van der Waals surface area contributed by atoms with Gasteiger partial charge in [-0.05, 0) is 55.5 Å². The summed E-state index contributed by atoms with van der Waals surface area (Å²) >= 11 is 0. The van der Waals surface area contributed by atoms with E-state index >= 15 is 0 Å². The van der Waals surface area contributed by atoms with Gasteiger partial charge in [0.25, 0.3) is 5.91 Å². The normalized spacial score (nSPS) is 10.6. The summed E-state index contributed by atoms with van der Waals surface area (Å²) in [5.41, 5.74) is 5.82. The van der Waals surface area contributed by atoms with E-state index in [0.717, 1.165) is 39.3 Å². The van der Waals surface area contributed by atoms with Crippen molar-refractivity contribution in [2.75, 3.05) is 16.0 Å². The average molecular weight is 447 g/mol. The number of carbonyl (C=O) groups excluding carboxylic acids is 1. The van der Waals surface area contributed by atoms with Gasteiger partial charge in [0.15, 0.2) is 0 Å². The molecule has 0 aliphatic rings. The van der Waals surface area contributed by atoms with Crippen LogP contribution in [0.3, 0.4) is 0 Å². The third kappa shape index (κ3) is 4.83. The van der Waals surface area contributed by atoms with Crippen LogP contribution in [0.1, 0.15) is 16.1 Å². The molecule has 0 unspecified atom stereocenters. The minimum absolute atomic E-state index is 0.243. The second-order valence-corrected chi connectivity index (χ2v) is 7.78. The van der Waals surface area contributed by atoms with E-state index in [1.54, 1.807) is 30.7 Å². The fourth-order valence-electron chi connectivity index (χ4n) is 3.67. The van der Waals surface area contributed by atoms with Gasteiger partial charge in [-0.15, -0.1) is 0 Å². The Morgan fingerprint density at radius 2 is 1.56 bits per heavy atom. The van der Waals surface area contributed by atoms with Crippen molar-refractivity contribution < 1.29 is 4.79 Å². The van der Waals surface area contributed by atoms with E-state index in [9.17, 15) is 4.79 Å². The van der Waals surface area contributed by atoms with Crippen molar-refractivity contribution >= 4 is 45.4 Å². The number of para-hydroxylation sites is 1. The zero-order chi connectivity index (χ0) is 23.3. The largest absolute Gasteiger partial charge is 0.355 e. The van der Waals surface area contributed by atoms with Gasteiger partial charge in [0.1, 0.15) is 5.82 Å². The number of nitrogens with zero attached hydrogens (tertiary/aromatic N) is 3. The molecule has 3 N–H and O–H groups in total. The van der Waals surface area contributed by atoms with Gasteiger partial charge in [0.2, 0.25) is 0 Å². The van der Waals surface area contributed by atoms with Crippen molar-refractivity contribution in [2.24, 2.45) is 0 Å². The maximum Gasteiger partial charge on any atom is 0.256 e. The van der Waals surface area contributed by atoms with E-state index in [4.69, 9.17) is 0 Å². The Morgan fingerprint density at radius 3 is 2.44 bits per heavy atom. The third-order valence-corrected chi connectivity index (χ3v) is 5.22. The zero-order valence-electron chi connectivity index (χ0n) is 18.5. The smallest absolute Gasteiger partial charge is 0.256 e. The second kappa shape index (κ2) is 9.38. The number of nitrogens with one attached hydrogen (secondary N) is 3. The van der Waals surface area contributed by atoms with Crippen molar-refractivity contribution in [1.29, 1.82) is 0 Å². The summed E-state index contributed by atoms with van der Waals surface area (Å²) in [4.78, 5) is 25.8. The van der Waals surface area contributed by atoms with Gasteiger partial charge in [-0.25, -0.2) is 4.98 Å². The molecule has 0 aliphatic heterocycles. The number of amides is 1. The van der Waals surface area contributed by atoms with Crippen LogP contribution < -0.4 is 16.0 Å². The Labute approximate surface area is 196 Å². The van der Waals surface area contributed by atoms with E-state index in [2.05, 4.69) is 30.9 Å². The zero-order valence-corrected chi connectivity index (χ0v) is 18.5. The maximum absolute atomic E-state index is 12.9. The van der Waals surface area contributed by atoms with Gasteiger partial charge in [-0.2, -0.15) is 0 Å². The third-order valence-electron chi connectivity index (χ3n) is 5.22. The fourth-order valence-corrected chi connectivity index (χ4v) is 3.67. The molecule has 166 valence electrons. The lowest BCUT2D eigenvalue weighted by atomic mass is 10.1. The number of pyridine rings is 3. The highest BCUT2D eigenvalue weighted by Crippen LogP contribution is 2.27. The lowest BCUT2D eigenvalue weighted by Gasteiger charge is -2.12. The van der Waals surface area contributed by atoms with Crippen molar-refractivity contribution in [1.82, 2.24) is 15.0 Å². The first-order chi connectivity index (χ1) is 16.6. The molecule has 3 aromatic heterocycles. The van der Waals surface area contributed by atoms with Crippen LogP contribution in [0, 0.1) is 6.92 Å². The van der Waals surface area contributed by atoms with E-state index in [1.807, 2.05) is 73.7 Å². The quantitative estimate of drug-likeness (QED) is 0.293. The summed E-state index contributed by atoms with van der Waals surface area (Å²) < 4.78 is 0. The van der Waals surface area contributed by atoms with E-state index < -0.39 is 0 Å². The van der Waals surface area contributed by atoms with Gasteiger partial charge in [-0.1, -0.05) is 24.3 Å². The van der Waals surface area contributed by atoms with Crippen molar-refractivity contribution in [3.63, 3.8) is 0 Å². The van der Waals surface area contributed by atoms with Gasteiger partial charge < -0.3 is 16.0 Å². The Hall–Kier alpha value is -4.78. The predicted octanol–water partition coefficient (Wildman–Crippen LogP) is 6.07. The molecular formula is C27H22N6O. The highest BCUT2D eigenvalue weighted by atomic mass is 16.1. The molecule has 0 aliphatic carbocycles. The summed E-state index contributed by atoms with van der Waals surface area (Å²) in [6, 6.07) is 24.7. The molecule has 5 rings (SSSR count). The number of hydrogen-bond donors (Lipinski definition) is 3. The van der Waals surface area contributed by atoms with E-state index in [0.29, 0.717) is 11.4 Å². The molecule has 1 amide bonds. The molecule has 0 spiro atoms. The topological polar surface area (TPSA) is 91.8 Å². The summed E-state index contributed by atoms with van der Waals surface area (Å²) in [6.45, 7) is 1.96. The minimum atomic E-state index is -0.243. The molecule has 0 fully saturated rings. The summed E-state index contributed by atoms with van der Waals surface area (Å²) in [5, 5.41) is 10.6. The number of rotatable bonds is 6. The molecule has 5 aromatic rings. The van der Waals surface area contributed by atoms with Crippen LogP contribution in [0.5, 0.6) is 0 Å². The van der Waals surface area contributed by atoms with Crippen LogP contribution >= 0.6 is 0 Å². The predicted molar refractivity (Wildman–Crippen MR) is 136 cm³/mol. The summed E-state index contributed by atoms with van der Waals surface area (Å²) in [6.07, 6.45) is 5.07. The molecule has 0 saturated heterocycles. The van der Waals surface area contributed by atoms with Crippen molar-refractivity contribution in [3.05, 3.63) is 109 Å². The standard InChI is InChI=1S/C27H22N6O/c1-18-15-25(23-7-2-3-8-24(23)30-18)32-21-6-4-5-19(16-21)27(34)33-26-17-22(11-14-29-26)31-20-9-12-28-13-10-20/h2-17H,1H3,(H,30,32)(H2,28,29,31,33,34). The molecule has 7 heteroatoms. The first kappa shape index (κ1) is 21.1. The molecule has 7 nitrogen and oxygen atoms in total. The van der Waals surface area contributed by atoms with Crippen LogP contribution in [-0.2, 0) is 0 Å². The van der Waals surface area contributed by atoms with Crippen LogP contribution in [0.25, 0.3) is 10.9 Å². The highest BCUT2D eigenvalue weighted by molar-refractivity contribution is 6.04. The minimum Gasteiger partial charge on any atom is -0.355 e. The lowest BCUT2D eigenvalue weighted by Crippen LogP contribution is -2.13. The molecular weight excluding hydrogens is 424 g/mol. The Kier molecular flexibility index (Phi) is 5.82. The second-order valence-electron chi connectivity index (χ2n) is 7.78. The van der Waals surface area contributed by atoms with Crippen LogP contribution in [0.4, 0.5) is 28.6 Å². The molecule has 0 atom stereocenters. The van der Waals surface area contributed by atoms with E-state index in [1.165, 1.54) is 0 Å². The van der Waals surface area contributed by atoms with Gasteiger partial charge in [0, 0.05) is 64.1 Å². The molecule has 0 radical (unpaired) electrons. The first-order valence-electron chi connectivity index (χ1n) is 10.8. The van der Waals surface area contributed by atoms with Crippen molar-refractivity contribution in [3.8, 4) is 0 Å².